The zero-order chi connectivity index (χ0) is 15.5. The van der Waals surface area contributed by atoms with Crippen molar-refractivity contribution in [3.05, 3.63) is 35.4 Å². The molecule has 1 aromatic rings. The number of rotatable bonds is 5. The smallest absolute Gasteiger partial charge is 0.411 e. The Hall–Kier alpha value is -1.60. The van der Waals surface area contributed by atoms with Gasteiger partial charge >= 0.3 is 12.1 Å². The van der Waals surface area contributed by atoms with Gasteiger partial charge in [0, 0.05) is 13.1 Å². The number of aliphatic carboxylic acids is 1. The summed E-state index contributed by atoms with van der Waals surface area (Å²) in [6, 6.07) is 6.40. The summed E-state index contributed by atoms with van der Waals surface area (Å²) >= 11 is 0. The fraction of sp³-hybridized carbons (Fsp3) is 0.500. The molecule has 7 heteroatoms. The van der Waals surface area contributed by atoms with E-state index >= 15 is 0 Å². The van der Waals surface area contributed by atoms with Crippen molar-refractivity contribution in [2.45, 2.75) is 18.6 Å². The highest BCUT2D eigenvalue weighted by atomic mass is 19.4. The van der Waals surface area contributed by atoms with Gasteiger partial charge in [0.25, 0.3) is 0 Å². The first-order valence-electron chi connectivity index (χ1n) is 6.57. The van der Waals surface area contributed by atoms with Crippen molar-refractivity contribution in [3.8, 4) is 0 Å². The number of hydrogen-bond acceptors (Lipinski definition) is 3. The first-order valence-corrected chi connectivity index (χ1v) is 6.57. The Labute approximate surface area is 120 Å². The molecule has 0 aromatic heterocycles. The molecule has 0 amide bonds. The molecule has 1 aromatic carbocycles. The van der Waals surface area contributed by atoms with E-state index in [1.54, 1.807) is 17.0 Å². The minimum Gasteiger partial charge on any atom is -0.480 e. The third kappa shape index (κ3) is 4.18. The zero-order valence-corrected chi connectivity index (χ0v) is 11.3. The van der Waals surface area contributed by atoms with Gasteiger partial charge in [0.1, 0.15) is 12.6 Å². The van der Waals surface area contributed by atoms with Crippen molar-refractivity contribution >= 4 is 5.97 Å². The number of benzene rings is 1. The Morgan fingerprint density at radius 3 is 2.76 bits per heavy atom. The van der Waals surface area contributed by atoms with Crippen molar-refractivity contribution in [3.63, 3.8) is 0 Å². The number of fused-ring (bicyclic) bond motifs is 1. The van der Waals surface area contributed by atoms with Crippen LogP contribution < -0.4 is 0 Å². The van der Waals surface area contributed by atoms with E-state index in [0.717, 1.165) is 5.56 Å². The van der Waals surface area contributed by atoms with E-state index in [0.29, 0.717) is 18.5 Å². The molecule has 1 aliphatic rings. The summed E-state index contributed by atoms with van der Waals surface area (Å²) in [5.41, 5.74) is 1.67. The monoisotopic (exact) mass is 303 g/mol. The molecule has 0 aliphatic carbocycles. The van der Waals surface area contributed by atoms with Crippen molar-refractivity contribution in [2.24, 2.45) is 0 Å². The van der Waals surface area contributed by atoms with Crippen LogP contribution in [0.5, 0.6) is 0 Å². The van der Waals surface area contributed by atoms with E-state index < -0.39 is 24.8 Å². The first kappa shape index (κ1) is 15.8. The lowest BCUT2D eigenvalue weighted by Crippen LogP contribution is -2.41. The highest BCUT2D eigenvalue weighted by Crippen LogP contribution is 2.29. The van der Waals surface area contributed by atoms with E-state index in [-0.39, 0.29) is 13.2 Å². The molecule has 1 aliphatic heterocycles. The van der Waals surface area contributed by atoms with Gasteiger partial charge in [0.15, 0.2) is 0 Å². The maximum absolute atomic E-state index is 12.0. The van der Waals surface area contributed by atoms with Crippen molar-refractivity contribution < 1.29 is 27.8 Å². The lowest BCUT2D eigenvalue weighted by atomic mass is 9.92. The largest absolute Gasteiger partial charge is 0.480 e. The number of hydrogen-bond donors (Lipinski definition) is 1. The van der Waals surface area contributed by atoms with Crippen LogP contribution in [0, 0.1) is 0 Å². The van der Waals surface area contributed by atoms with Crippen molar-refractivity contribution in [2.75, 3.05) is 26.3 Å². The summed E-state index contributed by atoms with van der Waals surface area (Å²) < 4.78 is 40.5. The van der Waals surface area contributed by atoms with Gasteiger partial charge in [-0.2, -0.15) is 13.2 Å². The molecule has 1 heterocycles. The number of halogens is 3. The summed E-state index contributed by atoms with van der Waals surface area (Å²) in [5, 5.41) is 9.38. The molecule has 0 radical (unpaired) electrons. The molecule has 1 unspecified atom stereocenters. The molecule has 0 saturated heterocycles. The molecule has 1 N–H and O–H groups in total. The van der Waals surface area contributed by atoms with Gasteiger partial charge in [-0.3, -0.25) is 9.69 Å². The van der Waals surface area contributed by atoms with Crippen LogP contribution in [0.2, 0.25) is 0 Å². The fourth-order valence-electron chi connectivity index (χ4n) is 2.52. The highest BCUT2D eigenvalue weighted by molar-refractivity contribution is 5.76. The predicted molar refractivity (Wildman–Crippen MR) is 69.0 cm³/mol. The normalized spacial score (nSPS) is 19.3. The van der Waals surface area contributed by atoms with Gasteiger partial charge in [-0.05, 0) is 17.5 Å². The van der Waals surface area contributed by atoms with E-state index in [1.165, 1.54) is 0 Å². The van der Waals surface area contributed by atoms with Gasteiger partial charge in [-0.15, -0.1) is 0 Å². The van der Waals surface area contributed by atoms with Crippen LogP contribution in [0.3, 0.4) is 0 Å². The van der Waals surface area contributed by atoms with E-state index in [4.69, 9.17) is 0 Å². The molecular weight excluding hydrogens is 287 g/mol. The molecule has 1 atom stereocenters. The SMILES string of the molecule is O=C(O)C1c2ccccc2CCN1CCOCC(F)(F)F. The summed E-state index contributed by atoms with van der Waals surface area (Å²) in [6.07, 6.45) is -3.68. The van der Waals surface area contributed by atoms with Crippen LogP contribution in [-0.2, 0) is 16.0 Å². The number of carboxylic acid groups (broad SMARTS) is 1. The molecule has 4 nitrogen and oxygen atoms in total. The number of ether oxygens (including phenoxy) is 1. The van der Waals surface area contributed by atoms with E-state index in [9.17, 15) is 23.1 Å². The van der Waals surface area contributed by atoms with Crippen LogP contribution in [-0.4, -0.2) is 48.5 Å². The summed E-state index contributed by atoms with van der Waals surface area (Å²) in [6.45, 7) is -0.814. The average molecular weight is 303 g/mol. The summed E-state index contributed by atoms with van der Waals surface area (Å²) in [4.78, 5) is 13.1. The Bertz CT molecular complexity index is 504. The standard InChI is InChI=1S/C14H16F3NO3/c15-14(16,17)9-21-8-7-18-6-5-10-3-1-2-4-11(10)12(18)13(19)20/h1-4,12H,5-9H2,(H,19,20). The van der Waals surface area contributed by atoms with Gasteiger partial charge in [0.05, 0.1) is 6.61 Å². The Kier molecular flexibility index (Phi) is 4.84. The number of alkyl halides is 3. The zero-order valence-electron chi connectivity index (χ0n) is 11.3. The maximum Gasteiger partial charge on any atom is 0.411 e. The van der Waals surface area contributed by atoms with Gasteiger partial charge < -0.3 is 9.84 Å². The molecule has 2 rings (SSSR count). The van der Waals surface area contributed by atoms with E-state index in [1.807, 2.05) is 12.1 Å². The van der Waals surface area contributed by atoms with Gasteiger partial charge in [-0.25, -0.2) is 0 Å². The third-order valence-electron chi connectivity index (χ3n) is 3.41. The quantitative estimate of drug-likeness (QED) is 0.848. The van der Waals surface area contributed by atoms with Crippen molar-refractivity contribution in [1.29, 1.82) is 0 Å². The second-order valence-electron chi connectivity index (χ2n) is 4.89. The second-order valence-corrected chi connectivity index (χ2v) is 4.89. The third-order valence-corrected chi connectivity index (χ3v) is 3.41. The Morgan fingerprint density at radius 2 is 2.10 bits per heavy atom. The minimum atomic E-state index is -4.36. The maximum atomic E-state index is 12.0. The molecule has 116 valence electrons. The Morgan fingerprint density at radius 1 is 1.38 bits per heavy atom. The van der Waals surface area contributed by atoms with Crippen LogP contribution in [0.25, 0.3) is 0 Å². The average Bonchev–Trinajstić information content (AvgIpc) is 2.41. The Balaban J connectivity index is 1.99. The molecule has 0 spiro atoms. The first-order chi connectivity index (χ1) is 9.88. The molecule has 0 fully saturated rings. The van der Waals surface area contributed by atoms with E-state index in [2.05, 4.69) is 4.74 Å². The predicted octanol–water partition coefficient (Wildman–Crippen LogP) is 2.25. The topological polar surface area (TPSA) is 49.8 Å². The second kappa shape index (κ2) is 6.44. The van der Waals surface area contributed by atoms with Gasteiger partial charge in [0.2, 0.25) is 0 Å². The summed E-state index contributed by atoms with van der Waals surface area (Å²) in [7, 11) is 0. The minimum absolute atomic E-state index is 0.147. The molecular formula is C14H16F3NO3. The van der Waals surface area contributed by atoms with Crippen LogP contribution in [0.15, 0.2) is 24.3 Å². The van der Waals surface area contributed by atoms with Crippen molar-refractivity contribution in [1.82, 2.24) is 4.90 Å². The highest BCUT2D eigenvalue weighted by Gasteiger charge is 2.33. The lowest BCUT2D eigenvalue weighted by Gasteiger charge is -2.34. The summed E-state index contributed by atoms with van der Waals surface area (Å²) in [5.74, 6) is -1.00. The number of nitrogens with zero attached hydrogens (tertiary/aromatic N) is 1. The van der Waals surface area contributed by atoms with Crippen LogP contribution >= 0.6 is 0 Å². The van der Waals surface area contributed by atoms with Crippen LogP contribution in [0.1, 0.15) is 17.2 Å². The molecule has 0 saturated carbocycles. The van der Waals surface area contributed by atoms with Gasteiger partial charge in [-0.1, -0.05) is 24.3 Å². The number of carbonyl (C=O) groups is 1. The van der Waals surface area contributed by atoms with Crippen LogP contribution in [0.4, 0.5) is 13.2 Å². The number of carboxylic acids is 1. The molecule has 21 heavy (non-hydrogen) atoms. The lowest BCUT2D eigenvalue weighted by molar-refractivity contribution is -0.175. The fourth-order valence-corrected chi connectivity index (χ4v) is 2.52. The molecule has 0 bridgehead atoms.